The zero-order valence-electron chi connectivity index (χ0n) is 11.6. The number of fused-ring (bicyclic) bond motifs is 1. The Morgan fingerprint density at radius 3 is 2.85 bits per heavy atom. The summed E-state index contributed by atoms with van der Waals surface area (Å²) < 4.78 is 0. The lowest BCUT2D eigenvalue weighted by Gasteiger charge is -2.24. The van der Waals surface area contributed by atoms with Crippen LogP contribution in [0.5, 0.6) is 0 Å². The molecule has 2 N–H and O–H groups in total. The lowest BCUT2D eigenvalue weighted by atomic mass is 10.1. The van der Waals surface area contributed by atoms with Gasteiger partial charge in [-0.25, -0.2) is 4.98 Å². The minimum atomic E-state index is 0.390. The smallest absolute Gasteiger partial charge is 0.134 e. The predicted molar refractivity (Wildman–Crippen MR) is 86.6 cm³/mol. The molecule has 0 bridgehead atoms. The fourth-order valence-corrected chi connectivity index (χ4v) is 2.95. The number of nitrogens with two attached hydrogens (primary N) is 1. The summed E-state index contributed by atoms with van der Waals surface area (Å²) in [7, 11) is 0. The summed E-state index contributed by atoms with van der Waals surface area (Å²) in [6.45, 7) is 4.18. The SMILES string of the molecule is Cc1cc(C(N)=S)cc(N2c3ccccc3CC2C)n1. The van der Waals surface area contributed by atoms with E-state index < -0.39 is 0 Å². The summed E-state index contributed by atoms with van der Waals surface area (Å²) in [5.41, 5.74) is 10.2. The first kappa shape index (κ1) is 13.1. The van der Waals surface area contributed by atoms with Crippen molar-refractivity contribution in [1.82, 2.24) is 4.98 Å². The zero-order valence-corrected chi connectivity index (χ0v) is 12.4. The third-order valence-corrected chi connectivity index (χ3v) is 3.91. The quantitative estimate of drug-likeness (QED) is 0.860. The van der Waals surface area contributed by atoms with Gasteiger partial charge in [-0.05, 0) is 44.0 Å². The van der Waals surface area contributed by atoms with E-state index in [1.165, 1.54) is 11.3 Å². The number of aryl methyl sites for hydroxylation is 1. The van der Waals surface area contributed by atoms with Crippen LogP contribution in [0.2, 0.25) is 0 Å². The molecule has 0 amide bonds. The van der Waals surface area contributed by atoms with Crippen LogP contribution in [0.1, 0.15) is 23.7 Å². The molecule has 1 aliphatic rings. The van der Waals surface area contributed by atoms with Crippen molar-refractivity contribution in [2.75, 3.05) is 4.90 Å². The van der Waals surface area contributed by atoms with Gasteiger partial charge in [-0.2, -0.15) is 0 Å². The van der Waals surface area contributed by atoms with Crippen molar-refractivity contribution >= 4 is 28.7 Å². The Labute approximate surface area is 124 Å². The maximum Gasteiger partial charge on any atom is 0.134 e. The molecule has 0 saturated carbocycles. The van der Waals surface area contributed by atoms with Crippen LogP contribution in [-0.2, 0) is 6.42 Å². The summed E-state index contributed by atoms with van der Waals surface area (Å²) in [5.74, 6) is 0.922. The number of aromatic nitrogens is 1. The zero-order chi connectivity index (χ0) is 14.3. The van der Waals surface area contributed by atoms with E-state index in [-0.39, 0.29) is 0 Å². The number of pyridine rings is 1. The number of nitrogens with zero attached hydrogens (tertiary/aromatic N) is 2. The van der Waals surface area contributed by atoms with Crippen molar-refractivity contribution in [2.24, 2.45) is 5.73 Å². The van der Waals surface area contributed by atoms with Crippen molar-refractivity contribution in [3.05, 3.63) is 53.2 Å². The van der Waals surface area contributed by atoms with Gasteiger partial charge < -0.3 is 10.6 Å². The van der Waals surface area contributed by atoms with Gasteiger partial charge in [0.2, 0.25) is 0 Å². The molecule has 3 nitrogen and oxygen atoms in total. The molecule has 4 heteroatoms. The molecule has 1 aliphatic heterocycles. The first-order valence-electron chi connectivity index (χ1n) is 6.72. The third kappa shape index (κ3) is 2.16. The molecule has 102 valence electrons. The minimum Gasteiger partial charge on any atom is -0.389 e. The Balaban J connectivity index is 2.11. The molecule has 0 aliphatic carbocycles. The Kier molecular flexibility index (Phi) is 3.18. The van der Waals surface area contributed by atoms with E-state index in [4.69, 9.17) is 18.0 Å². The second-order valence-electron chi connectivity index (χ2n) is 5.27. The average Bonchev–Trinajstić information content (AvgIpc) is 2.73. The number of benzene rings is 1. The van der Waals surface area contributed by atoms with E-state index in [1.807, 2.05) is 19.1 Å². The molecule has 1 atom stereocenters. The van der Waals surface area contributed by atoms with Crippen molar-refractivity contribution in [3.8, 4) is 0 Å². The molecule has 1 unspecified atom stereocenters. The summed E-state index contributed by atoms with van der Waals surface area (Å²) in [6, 6.07) is 12.8. The molecule has 1 aromatic carbocycles. The van der Waals surface area contributed by atoms with E-state index in [0.29, 0.717) is 11.0 Å². The lowest BCUT2D eigenvalue weighted by molar-refractivity contribution is 0.749. The standard InChI is InChI=1S/C16H17N3S/c1-10-7-13(16(17)20)9-15(18-10)19-11(2)8-12-5-3-4-6-14(12)19/h3-7,9,11H,8H2,1-2H3,(H2,17,20). The van der Waals surface area contributed by atoms with E-state index in [2.05, 4.69) is 41.1 Å². The molecular formula is C16H17N3S. The summed E-state index contributed by atoms with van der Waals surface area (Å²) >= 11 is 5.09. The first-order valence-corrected chi connectivity index (χ1v) is 7.12. The van der Waals surface area contributed by atoms with E-state index in [1.54, 1.807) is 0 Å². The summed E-state index contributed by atoms with van der Waals surface area (Å²) in [6.07, 6.45) is 1.04. The molecule has 2 heterocycles. The van der Waals surface area contributed by atoms with Crippen LogP contribution in [0.3, 0.4) is 0 Å². The summed E-state index contributed by atoms with van der Waals surface area (Å²) in [5, 5.41) is 0. The fraction of sp³-hybridized carbons (Fsp3) is 0.250. The van der Waals surface area contributed by atoms with E-state index in [9.17, 15) is 0 Å². The number of rotatable bonds is 2. The molecule has 3 rings (SSSR count). The Bertz CT molecular complexity index is 681. The Morgan fingerprint density at radius 1 is 1.35 bits per heavy atom. The Morgan fingerprint density at radius 2 is 2.10 bits per heavy atom. The van der Waals surface area contributed by atoms with Gasteiger partial charge in [-0.3, -0.25) is 0 Å². The van der Waals surface area contributed by atoms with Crippen molar-refractivity contribution < 1.29 is 0 Å². The largest absolute Gasteiger partial charge is 0.389 e. The molecule has 2 aromatic rings. The van der Waals surface area contributed by atoms with Crippen molar-refractivity contribution in [2.45, 2.75) is 26.3 Å². The molecule has 0 spiro atoms. The number of thiocarbonyl (C=S) groups is 1. The van der Waals surface area contributed by atoms with Gasteiger partial charge in [0.05, 0.1) is 0 Å². The first-order chi connectivity index (χ1) is 9.56. The second kappa shape index (κ2) is 4.87. The van der Waals surface area contributed by atoms with Gasteiger partial charge in [0, 0.05) is 23.0 Å². The minimum absolute atomic E-state index is 0.390. The summed E-state index contributed by atoms with van der Waals surface area (Å²) in [4.78, 5) is 7.34. The molecule has 0 radical (unpaired) electrons. The van der Waals surface area contributed by atoms with Crippen molar-refractivity contribution in [3.63, 3.8) is 0 Å². The highest BCUT2D eigenvalue weighted by Gasteiger charge is 2.27. The van der Waals surface area contributed by atoms with Gasteiger partial charge >= 0.3 is 0 Å². The van der Waals surface area contributed by atoms with Gasteiger partial charge in [0.15, 0.2) is 0 Å². The molecule has 0 saturated heterocycles. The molecule has 1 aromatic heterocycles. The fourth-order valence-electron chi connectivity index (χ4n) is 2.83. The molecular weight excluding hydrogens is 266 g/mol. The van der Waals surface area contributed by atoms with Gasteiger partial charge in [0.25, 0.3) is 0 Å². The highest BCUT2D eigenvalue weighted by atomic mass is 32.1. The topological polar surface area (TPSA) is 42.1 Å². The van der Waals surface area contributed by atoms with E-state index >= 15 is 0 Å². The van der Waals surface area contributed by atoms with Gasteiger partial charge in [-0.15, -0.1) is 0 Å². The molecule has 20 heavy (non-hydrogen) atoms. The number of anilines is 2. The van der Waals surface area contributed by atoms with Crippen LogP contribution in [0, 0.1) is 6.92 Å². The van der Waals surface area contributed by atoms with Crippen LogP contribution in [0.15, 0.2) is 36.4 Å². The molecule has 0 fully saturated rings. The van der Waals surface area contributed by atoms with Gasteiger partial charge in [-0.1, -0.05) is 30.4 Å². The Hall–Kier alpha value is -1.94. The van der Waals surface area contributed by atoms with Crippen LogP contribution in [0.25, 0.3) is 0 Å². The average molecular weight is 283 g/mol. The van der Waals surface area contributed by atoms with Crippen LogP contribution in [0.4, 0.5) is 11.5 Å². The van der Waals surface area contributed by atoms with Crippen molar-refractivity contribution in [1.29, 1.82) is 0 Å². The highest BCUT2D eigenvalue weighted by molar-refractivity contribution is 7.80. The normalized spacial score (nSPS) is 17.1. The number of hydrogen-bond donors (Lipinski definition) is 1. The predicted octanol–water partition coefficient (Wildman–Crippen LogP) is 3.11. The third-order valence-electron chi connectivity index (χ3n) is 3.68. The second-order valence-corrected chi connectivity index (χ2v) is 5.71. The van der Waals surface area contributed by atoms with Crippen LogP contribution < -0.4 is 10.6 Å². The van der Waals surface area contributed by atoms with E-state index in [0.717, 1.165) is 23.5 Å². The number of hydrogen-bond acceptors (Lipinski definition) is 3. The van der Waals surface area contributed by atoms with Crippen LogP contribution >= 0.6 is 12.2 Å². The lowest BCUT2D eigenvalue weighted by Crippen LogP contribution is -2.25. The maximum absolute atomic E-state index is 5.76. The highest BCUT2D eigenvalue weighted by Crippen LogP contribution is 2.37. The number of para-hydroxylation sites is 1. The monoisotopic (exact) mass is 283 g/mol. The van der Waals surface area contributed by atoms with Gasteiger partial charge in [0.1, 0.15) is 10.8 Å². The maximum atomic E-state index is 5.76. The van der Waals surface area contributed by atoms with Crippen LogP contribution in [-0.4, -0.2) is 16.0 Å².